The Bertz CT molecular complexity index is 319. The van der Waals surface area contributed by atoms with Gasteiger partial charge in [0, 0.05) is 17.8 Å². The number of nitrogens with zero attached hydrogens (tertiary/aromatic N) is 1. The third-order valence-corrected chi connectivity index (χ3v) is 2.89. The van der Waals surface area contributed by atoms with Crippen molar-refractivity contribution in [1.82, 2.24) is 4.98 Å². The second-order valence-corrected chi connectivity index (χ2v) is 5.18. The maximum atomic E-state index is 11.9. The fourth-order valence-corrected chi connectivity index (χ4v) is 2.02. The van der Waals surface area contributed by atoms with Crippen LogP contribution in [0.15, 0.2) is 24.5 Å². The first kappa shape index (κ1) is 14.8. The quantitative estimate of drug-likeness (QED) is 0.770. The molecule has 1 aromatic rings. The van der Waals surface area contributed by atoms with Gasteiger partial charge >= 0.3 is 0 Å². The van der Waals surface area contributed by atoms with Crippen molar-refractivity contribution in [2.75, 3.05) is 0 Å². The molecular formula is C11H15Br2NO. The number of Topliss-reactive ketones (excluding diaryl/α,β-unsaturated/α-hetero) is 1. The fourth-order valence-electron chi connectivity index (χ4n) is 1.06. The SMILES string of the molecule is Br.CC(C)(C)C(=O)C(Br)c1cccnc1. The van der Waals surface area contributed by atoms with Gasteiger partial charge in [-0.2, -0.15) is 0 Å². The van der Waals surface area contributed by atoms with E-state index in [0.29, 0.717) is 0 Å². The lowest BCUT2D eigenvalue weighted by Gasteiger charge is -2.20. The number of hydrogen-bond donors (Lipinski definition) is 0. The summed E-state index contributed by atoms with van der Waals surface area (Å²) in [5, 5.41) is 0. The van der Waals surface area contributed by atoms with Crippen molar-refractivity contribution in [3.05, 3.63) is 30.1 Å². The van der Waals surface area contributed by atoms with Crippen LogP contribution in [0.5, 0.6) is 0 Å². The van der Waals surface area contributed by atoms with E-state index in [1.807, 2.05) is 32.9 Å². The van der Waals surface area contributed by atoms with Gasteiger partial charge in [-0.25, -0.2) is 0 Å². The molecule has 1 aromatic heterocycles. The predicted octanol–water partition coefficient (Wildman–Crippen LogP) is 3.71. The Kier molecular flexibility index (Phi) is 5.67. The van der Waals surface area contributed by atoms with Crippen LogP contribution in [0.4, 0.5) is 0 Å². The smallest absolute Gasteiger partial charge is 0.156 e. The van der Waals surface area contributed by atoms with Crippen LogP contribution in [0.3, 0.4) is 0 Å². The van der Waals surface area contributed by atoms with Crippen LogP contribution < -0.4 is 0 Å². The average Bonchev–Trinajstić information content (AvgIpc) is 2.15. The number of ketones is 1. The van der Waals surface area contributed by atoms with Crippen LogP contribution in [-0.4, -0.2) is 10.8 Å². The number of alkyl halides is 1. The molecule has 84 valence electrons. The summed E-state index contributed by atoms with van der Waals surface area (Å²) in [6.07, 6.45) is 3.41. The minimum atomic E-state index is -0.329. The minimum absolute atomic E-state index is 0. The lowest BCUT2D eigenvalue weighted by atomic mass is 9.87. The lowest BCUT2D eigenvalue weighted by Crippen LogP contribution is -2.24. The van der Waals surface area contributed by atoms with E-state index in [1.54, 1.807) is 12.4 Å². The molecule has 0 radical (unpaired) electrons. The topological polar surface area (TPSA) is 30.0 Å². The summed E-state index contributed by atoms with van der Waals surface area (Å²) in [7, 11) is 0. The van der Waals surface area contributed by atoms with Crippen LogP contribution >= 0.6 is 32.9 Å². The van der Waals surface area contributed by atoms with Gasteiger partial charge in [0.15, 0.2) is 5.78 Å². The summed E-state index contributed by atoms with van der Waals surface area (Å²) in [5.41, 5.74) is 0.580. The summed E-state index contributed by atoms with van der Waals surface area (Å²) in [4.78, 5) is 15.6. The van der Waals surface area contributed by atoms with Crippen LogP contribution in [0.2, 0.25) is 0 Å². The van der Waals surface area contributed by atoms with Crippen LogP contribution in [0.25, 0.3) is 0 Å². The Balaban J connectivity index is 0.00000196. The molecular weight excluding hydrogens is 322 g/mol. The fraction of sp³-hybridized carbons (Fsp3) is 0.455. The number of aromatic nitrogens is 1. The van der Waals surface area contributed by atoms with Gasteiger partial charge in [-0.3, -0.25) is 9.78 Å². The molecule has 4 heteroatoms. The average molecular weight is 337 g/mol. The Morgan fingerprint density at radius 3 is 2.47 bits per heavy atom. The molecule has 0 amide bonds. The number of carbonyl (C=O) groups excluding carboxylic acids is 1. The van der Waals surface area contributed by atoms with Crippen molar-refractivity contribution >= 4 is 38.7 Å². The van der Waals surface area contributed by atoms with Crippen molar-refractivity contribution < 1.29 is 4.79 Å². The van der Waals surface area contributed by atoms with E-state index in [9.17, 15) is 4.79 Å². The van der Waals surface area contributed by atoms with Gasteiger partial charge in [0.1, 0.15) is 4.83 Å². The third-order valence-electron chi connectivity index (χ3n) is 1.95. The van der Waals surface area contributed by atoms with Gasteiger partial charge in [-0.15, -0.1) is 17.0 Å². The van der Waals surface area contributed by atoms with Gasteiger partial charge in [-0.05, 0) is 11.6 Å². The largest absolute Gasteiger partial charge is 0.297 e. The number of halogens is 2. The molecule has 0 aliphatic heterocycles. The minimum Gasteiger partial charge on any atom is -0.297 e. The van der Waals surface area contributed by atoms with Crippen molar-refractivity contribution in [2.24, 2.45) is 5.41 Å². The van der Waals surface area contributed by atoms with Gasteiger partial charge in [0.2, 0.25) is 0 Å². The number of carbonyl (C=O) groups is 1. The van der Waals surface area contributed by atoms with E-state index >= 15 is 0 Å². The monoisotopic (exact) mass is 335 g/mol. The highest BCUT2D eigenvalue weighted by atomic mass is 79.9. The second kappa shape index (κ2) is 5.75. The van der Waals surface area contributed by atoms with Gasteiger partial charge < -0.3 is 0 Å². The molecule has 1 heterocycles. The van der Waals surface area contributed by atoms with E-state index in [-0.39, 0.29) is 33.0 Å². The zero-order valence-corrected chi connectivity index (χ0v) is 12.3. The highest BCUT2D eigenvalue weighted by Crippen LogP contribution is 2.31. The van der Waals surface area contributed by atoms with E-state index in [4.69, 9.17) is 0 Å². The predicted molar refractivity (Wildman–Crippen MR) is 70.7 cm³/mol. The molecule has 0 saturated heterocycles. The van der Waals surface area contributed by atoms with Crippen molar-refractivity contribution in [1.29, 1.82) is 0 Å². The first-order valence-corrected chi connectivity index (χ1v) is 5.43. The molecule has 0 saturated carbocycles. The van der Waals surface area contributed by atoms with Gasteiger partial charge in [0.25, 0.3) is 0 Å². The van der Waals surface area contributed by atoms with Crippen molar-refractivity contribution in [3.8, 4) is 0 Å². The second-order valence-electron chi connectivity index (χ2n) is 4.26. The highest BCUT2D eigenvalue weighted by molar-refractivity contribution is 9.09. The van der Waals surface area contributed by atoms with Crippen LogP contribution in [0, 0.1) is 5.41 Å². The molecule has 1 rings (SSSR count). The molecule has 15 heavy (non-hydrogen) atoms. The summed E-state index contributed by atoms with van der Waals surface area (Å²) in [5.74, 6) is 0.172. The molecule has 0 bridgehead atoms. The lowest BCUT2D eigenvalue weighted by molar-refractivity contribution is -0.125. The standard InChI is InChI=1S/C11H14BrNO.BrH/c1-11(2,3)10(14)9(12)8-5-4-6-13-7-8;/h4-7,9H,1-3H3;1H. The molecule has 1 unspecified atom stereocenters. The van der Waals surface area contributed by atoms with E-state index < -0.39 is 0 Å². The van der Waals surface area contributed by atoms with E-state index in [2.05, 4.69) is 20.9 Å². The normalized spacial score (nSPS) is 12.8. The summed E-state index contributed by atoms with van der Waals surface area (Å²) >= 11 is 3.40. The Morgan fingerprint density at radius 2 is 2.07 bits per heavy atom. The molecule has 0 aliphatic carbocycles. The molecule has 2 nitrogen and oxygen atoms in total. The summed E-state index contributed by atoms with van der Waals surface area (Å²) < 4.78 is 0. The molecule has 0 aromatic carbocycles. The zero-order chi connectivity index (χ0) is 10.8. The highest BCUT2D eigenvalue weighted by Gasteiger charge is 2.28. The van der Waals surface area contributed by atoms with Crippen molar-refractivity contribution in [3.63, 3.8) is 0 Å². The number of rotatable bonds is 2. The third kappa shape index (κ3) is 4.03. The van der Waals surface area contributed by atoms with E-state index in [0.717, 1.165) is 5.56 Å². The van der Waals surface area contributed by atoms with Gasteiger partial charge in [-0.1, -0.05) is 42.8 Å². The molecule has 0 N–H and O–H groups in total. The molecule has 0 fully saturated rings. The molecule has 0 aliphatic rings. The van der Waals surface area contributed by atoms with Crippen LogP contribution in [0.1, 0.15) is 31.2 Å². The Morgan fingerprint density at radius 1 is 1.47 bits per heavy atom. The van der Waals surface area contributed by atoms with Crippen LogP contribution in [-0.2, 0) is 4.79 Å². The Hall–Kier alpha value is -0.220. The van der Waals surface area contributed by atoms with E-state index in [1.165, 1.54) is 0 Å². The number of pyridine rings is 1. The maximum Gasteiger partial charge on any atom is 0.156 e. The molecule has 0 spiro atoms. The first-order valence-electron chi connectivity index (χ1n) is 4.51. The summed E-state index contributed by atoms with van der Waals surface area (Å²) in [6.45, 7) is 5.75. The summed E-state index contributed by atoms with van der Waals surface area (Å²) in [6, 6.07) is 3.73. The van der Waals surface area contributed by atoms with Crippen molar-refractivity contribution in [2.45, 2.75) is 25.6 Å². The first-order chi connectivity index (χ1) is 6.43. The zero-order valence-electron chi connectivity index (χ0n) is 9.03. The molecule has 1 atom stereocenters. The van der Waals surface area contributed by atoms with Gasteiger partial charge in [0.05, 0.1) is 0 Å². The Labute approximate surface area is 109 Å². The number of hydrogen-bond acceptors (Lipinski definition) is 2. The maximum absolute atomic E-state index is 11.9.